The number of carbonyl (C=O) groups excluding carboxylic acids is 1. The molecule has 1 aromatic heterocycles. The molecule has 0 aromatic carbocycles. The Morgan fingerprint density at radius 3 is 3.10 bits per heavy atom. The number of hydrogen-bond donors (Lipinski definition) is 0. The van der Waals surface area contributed by atoms with Gasteiger partial charge in [-0.1, -0.05) is 0 Å². The van der Waals surface area contributed by atoms with Gasteiger partial charge in [0.1, 0.15) is 17.8 Å². The van der Waals surface area contributed by atoms with E-state index >= 15 is 0 Å². The molecule has 0 radical (unpaired) electrons. The lowest BCUT2D eigenvalue weighted by Gasteiger charge is -2.28. The molecular formula is C14H18FN3O2. The highest BCUT2D eigenvalue weighted by Gasteiger charge is 2.39. The first-order valence-electron chi connectivity index (χ1n) is 6.89. The van der Waals surface area contributed by atoms with Gasteiger partial charge in [0.05, 0.1) is 12.5 Å². The number of rotatable bonds is 2. The zero-order chi connectivity index (χ0) is 14.1. The Hall–Kier alpha value is -1.69. The van der Waals surface area contributed by atoms with Gasteiger partial charge in [0.2, 0.25) is 5.91 Å². The maximum Gasteiger partial charge on any atom is 0.229 e. The summed E-state index contributed by atoms with van der Waals surface area (Å²) in [5, 5.41) is 0. The van der Waals surface area contributed by atoms with E-state index in [1.807, 2.05) is 17.8 Å². The van der Waals surface area contributed by atoms with Crippen molar-refractivity contribution in [2.24, 2.45) is 13.0 Å². The van der Waals surface area contributed by atoms with E-state index in [9.17, 15) is 9.18 Å². The van der Waals surface area contributed by atoms with Gasteiger partial charge in [-0.25, -0.2) is 9.37 Å². The predicted molar refractivity (Wildman–Crippen MR) is 70.4 cm³/mol. The normalized spacial score (nSPS) is 26.7. The van der Waals surface area contributed by atoms with Crippen LogP contribution in [0.5, 0.6) is 0 Å². The minimum Gasteiger partial charge on any atom is -0.369 e. The Balaban J connectivity index is 1.77. The van der Waals surface area contributed by atoms with Crippen LogP contribution in [0.3, 0.4) is 0 Å². The number of halogens is 1. The largest absolute Gasteiger partial charge is 0.369 e. The van der Waals surface area contributed by atoms with Crippen molar-refractivity contribution in [2.45, 2.75) is 18.9 Å². The van der Waals surface area contributed by atoms with Gasteiger partial charge in [-0.15, -0.1) is 0 Å². The van der Waals surface area contributed by atoms with Crippen LogP contribution in [0, 0.1) is 5.92 Å². The number of nitrogens with zero attached hydrogens (tertiary/aromatic N) is 3. The van der Waals surface area contributed by atoms with Gasteiger partial charge in [-0.2, -0.15) is 0 Å². The summed E-state index contributed by atoms with van der Waals surface area (Å²) in [6.45, 7) is 1.21. The van der Waals surface area contributed by atoms with Gasteiger partial charge < -0.3 is 14.2 Å². The second kappa shape index (κ2) is 5.36. The minimum absolute atomic E-state index is 0.0289. The average molecular weight is 279 g/mol. The lowest BCUT2D eigenvalue weighted by atomic mass is 9.98. The van der Waals surface area contributed by atoms with E-state index in [0.717, 1.165) is 5.82 Å². The van der Waals surface area contributed by atoms with E-state index in [0.29, 0.717) is 26.0 Å². The zero-order valence-corrected chi connectivity index (χ0v) is 11.5. The van der Waals surface area contributed by atoms with Crippen molar-refractivity contribution in [1.82, 2.24) is 14.5 Å². The number of aryl methyl sites for hydroxylation is 1. The van der Waals surface area contributed by atoms with E-state index in [2.05, 4.69) is 4.98 Å². The molecule has 5 nitrogen and oxygen atoms in total. The van der Waals surface area contributed by atoms with E-state index < -0.39 is 0 Å². The summed E-state index contributed by atoms with van der Waals surface area (Å²) in [4.78, 5) is 18.4. The molecule has 3 rings (SSSR count). The Morgan fingerprint density at radius 2 is 2.40 bits per heavy atom. The zero-order valence-electron chi connectivity index (χ0n) is 11.5. The molecule has 0 unspecified atom stereocenters. The lowest BCUT2D eigenvalue weighted by molar-refractivity contribution is -0.137. The molecule has 2 aliphatic heterocycles. The summed E-state index contributed by atoms with van der Waals surface area (Å²) >= 11 is 0. The standard InChI is InChI=1S/C14H18FN3O2/c1-17-7-5-16-13(17)12-11(4-8-20-12)14(19)18-6-2-3-10(15)9-18/h3,5,7,11-12H,2,4,6,8-9H2,1H3/t11-,12-/m1/s1. The van der Waals surface area contributed by atoms with Crippen molar-refractivity contribution in [3.63, 3.8) is 0 Å². The lowest BCUT2D eigenvalue weighted by Crippen LogP contribution is -2.40. The monoisotopic (exact) mass is 279 g/mol. The fraction of sp³-hybridized carbons (Fsp3) is 0.571. The summed E-state index contributed by atoms with van der Waals surface area (Å²) in [5.41, 5.74) is 0. The van der Waals surface area contributed by atoms with Crippen LogP contribution in [-0.2, 0) is 16.6 Å². The molecule has 108 valence electrons. The van der Waals surface area contributed by atoms with Gasteiger partial charge >= 0.3 is 0 Å². The van der Waals surface area contributed by atoms with Crippen molar-refractivity contribution in [3.05, 3.63) is 30.1 Å². The molecule has 0 aliphatic carbocycles. The maximum atomic E-state index is 13.3. The van der Waals surface area contributed by atoms with Gasteiger partial charge in [-0.05, 0) is 18.9 Å². The molecule has 0 N–H and O–H groups in total. The third kappa shape index (κ3) is 2.35. The summed E-state index contributed by atoms with van der Waals surface area (Å²) in [6, 6.07) is 0. The van der Waals surface area contributed by atoms with Crippen LogP contribution in [0.4, 0.5) is 4.39 Å². The maximum absolute atomic E-state index is 13.3. The van der Waals surface area contributed by atoms with Crippen LogP contribution >= 0.6 is 0 Å². The number of hydrogen-bond acceptors (Lipinski definition) is 3. The molecule has 2 aliphatic rings. The number of amides is 1. The third-order valence-electron chi connectivity index (χ3n) is 3.94. The molecule has 6 heteroatoms. The highest BCUT2D eigenvalue weighted by atomic mass is 19.1. The molecule has 0 bridgehead atoms. The second-order valence-corrected chi connectivity index (χ2v) is 5.28. The molecule has 1 saturated heterocycles. The van der Waals surface area contributed by atoms with Crippen LogP contribution in [0.1, 0.15) is 24.8 Å². The van der Waals surface area contributed by atoms with E-state index in [4.69, 9.17) is 4.74 Å². The van der Waals surface area contributed by atoms with Crippen molar-refractivity contribution in [2.75, 3.05) is 19.7 Å². The van der Waals surface area contributed by atoms with E-state index in [1.54, 1.807) is 17.2 Å². The first kappa shape index (κ1) is 13.3. The summed E-state index contributed by atoms with van der Waals surface area (Å²) in [5.74, 6) is 0.242. The topological polar surface area (TPSA) is 47.4 Å². The molecule has 1 fully saturated rings. The smallest absolute Gasteiger partial charge is 0.229 e. The quantitative estimate of drug-likeness (QED) is 0.826. The van der Waals surface area contributed by atoms with Crippen molar-refractivity contribution >= 4 is 5.91 Å². The summed E-state index contributed by atoms with van der Waals surface area (Å²) in [7, 11) is 1.88. The third-order valence-corrected chi connectivity index (χ3v) is 3.94. The molecule has 2 atom stereocenters. The van der Waals surface area contributed by atoms with Gasteiger partial charge in [-0.3, -0.25) is 4.79 Å². The van der Waals surface area contributed by atoms with Crippen molar-refractivity contribution < 1.29 is 13.9 Å². The molecule has 0 saturated carbocycles. The first-order chi connectivity index (χ1) is 9.66. The van der Waals surface area contributed by atoms with Crippen LogP contribution < -0.4 is 0 Å². The molecule has 1 aromatic rings. The Kier molecular flexibility index (Phi) is 3.56. The highest BCUT2D eigenvalue weighted by Crippen LogP contribution is 2.35. The predicted octanol–water partition coefficient (Wildman–Crippen LogP) is 1.58. The Morgan fingerprint density at radius 1 is 1.55 bits per heavy atom. The fourth-order valence-electron chi connectivity index (χ4n) is 2.87. The molecular weight excluding hydrogens is 261 g/mol. The molecule has 1 amide bonds. The van der Waals surface area contributed by atoms with Crippen LogP contribution in [0.2, 0.25) is 0 Å². The highest BCUT2D eigenvalue weighted by molar-refractivity contribution is 5.80. The average Bonchev–Trinajstić information content (AvgIpc) is 3.06. The molecule has 3 heterocycles. The SMILES string of the molecule is Cn1ccnc1[C@@H]1OCC[C@H]1C(=O)N1CCC=C(F)C1. The van der Waals surface area contributed by atoms with E-state index in [1.165, 1.54) is 0 Å². The molecule has 20 heavy (non-hydrogen) atoms. The van der Waals surface area contributed by atoms with Crippen molar-refractivity contribution in [3.8, 4) is 0 Å². The van der Waals surface area contributed by atoms with Crippen LogP contribution in [0.15, 0.2) is 24.3 Å². The minimum atomic E-state index is -0.323. The van der Waals surface area contributed by atoms with Crippen LogP contribution in [0.25, 0.3) is 0 Å². The van der Waals surface area contributed by atoms with Crippen LogP contribution in [-0.4, -0.2) is 40.1 Å². The van der Waals surface area contributed by atoms with Gasteiger partial charge in [0.15, 0.2) is 0 Å². The van der Waals surface area contributed by atoms with E-state index in [-0.39, 0.29) is 30.3 Å². The fourth-order valence-corrected chi connectivity index (χ4v) is 2.87. The second-order valence-electron chi connectivity index (χ2n) is 5.28. The number of ether oxygens (including phenoxy) is 1. The number of imidazole rings is 1. The number of carbonyl (C=O) groups is 1. The first-order valence-corrected chi connectivity index (χ1v) is 6.89. The van der Waals surface area contributed by atoms with Gasteiger partial charge in [0, 0.05) is 32.6 Å². The Labute approximate surface area is 117 Å². The van der Waals surface area contributed by atoms with Gasteiger partial charge in [0.25, 0.3) is 0 Å². The number of aromatic nitrogens is 2. The van der Waals surface area contributed by atoms with Crippen molar-refractivity contribution in [1.29, 1.82) is 0 Å². The molecule has 0 spiro atoms. The Bertz CT molecular complexity index is 540. The summed E-state index contributed by atoms with van der Waals surface area (Å²) in [6.07, 6.45) is 6.00. The summed E-state index contributed by atoms with van der Waals surface area (Å²) < 4.78 is 20.9.